The SMILES string of the molecule is Cc1ccc(OC(=O)[C@@H]2CC(=O)N(c3ccccc3Cl)C2)cc1C. The van der Waals surface area contributed by atoms with Gasteiger partial charge in [-0.05, 0) is 49.2 Å². The van der Waals surface area contributed by atoms with Crippen LogP contribution < -0.4 is 9.64 Å². The fraction of sp³-hybridized carbons (Fsp3) is 0.263. The number of nitrogens with zero attached hydrogens (tertiary/aromatic N) is 1. The molecule has 124 valence electrons. The second kappa shape index (κ2) is 6.65. The Morgan fingerprint density at radius 1 is 1.17 bits per heavy atom. The molecule has 0 bridgehead atoms. The molecular weight excluding hydrogens is 326 g/mol. The number of ether oxygens (including phenoxy) is 1. The second-order valence-electron chi connectivity index (χ2n) is 6.02. The summed E-state index contributed by atoms with van der Waals surface area (Å²) >= 11 is 6.15. The number of carbonyl (C=O) groups excluding carboxylic acids is 2. The Labute approximate surface area is 146 Å². The molecule has 0 radical (unpaired) electrons. The second-order valence-corrected chi connectivity index (χ2v) is 6.43. The average Bonchev–Trinajstić information content (AvgIpc) is 2.93. The van der Waals surface area contributed by atoms with Gasteiger partial charge < -0.3 is 9.64 Å². The average molecular weight is 344 g/mol. The van der Waals surface area contributed by atoms with Gasteiger partial charge in [0.1, 0.15) is 5.75 Å². The topological polar surface area (TPSA) is 46.6 Å². The van der Waals surface area contributed by atoms with E-state index in [0.29, 0.717) is 16.5 Å². The first-order chi connectivity index (χ1) is 11.5. The van der Waals surface area contributed by atoms with E-state index in [0.717, 1.165) is 11.1 Å². The first kappa shape index (κ1) is 16.5. The van der Waals surface area contributed by atoms with Gasteiger partial charge in [-0.15, -0.1) is 0 Å². The molecule has 1 aliphatic rings. The van der Waals surface area contributed by atoms with Crippen LogP contribution in [0.5, 0.6) is 5.75 Å². The summed E-state index contributed by atoms with van der Waals surface area (Å²) < 4.78 is 5.45. The number of amides is 1. The summed E-state index contributed by atoms with van der Waals surface area (Å²) in [5.41, 5.74) is 2.82. The fourth-order valence-corrected chi connectivity index (χ4v) is 2.98. The zero-order chi connectivity index (χ0) is 17.3. The van der Waals surface area contributed by atoms with Crippen molar-refractivity contribution in [3.8, 4) is 5.75 Å². The molecule has 1 saturated heterocycles. The molecule has 3 rings (SSSR count). The molecule has 1 amide bonds. The minimum Gasteiger partial charge on any atom is -0.426 e. The highest BCUT2D eigenvalue weighted by Crippen LogP contribution is 2.31. The van der Waals surface area contributed by atoms with Crippen LogP contribution in [-0.2, 0) is 9.59 Å². The molecule has 2 aromatic carbocycles. The molecule has 0 N–H and O–H groups in total. The van der Waals surface area contributed by atoms with E-state index in [1.165, 1.54) is 0 Å². The molecule has 0 aliphatic carbocycles. The summed E-state index contributed by atoms with van der Waals surface area (Å²) in [6.07, 6.45) is 0.134. The van der Waals surface area contributed by atoms with Crippen molar-refractivity contribution in [2.24, 2.45) is 5.92 Å². The Morgan fingerprint density at radius 3 is 2.62 bits per heavy atom. The number of anilines is 1. The minimum atomic E-state index is -0.490. The van der Waals surface area contributed by atoms with Crippen LogP contribution in [0.25, 0.3) is 0 Å². The van der Waals surface area contributed by atoms with Gasteiger partial charge in [0.05, 0.1) is 16.6 Å². The standard InChI is InChI=1S/C19H18ClNO3/c1-12-7-8-15(9-13(12)2)24-19(23)14-10-18(22)21(11-14)17-6-4-3-5-16(17)20/h3-9,14H,10-11H2,1-2H3/t14-/m1/s1. The molecule has 4 nitrogen and oxygen atoms in total. The molecule has 1 aliphatic heterocycles. The van der Waals surface area contributed by atoms with Crippen molar-refractivity contribution in [1.29, 1.82) is 0 Å². The first-order valence-electron chi connectivity index (χ1n) is 7.79. The van der Waals surface area contributed by atoms with Gasteiger partial charge in [-0.3, -0.25) is 9.59 Å². The molecule has 1 fully saturated rings. The van der Waals surface area contributed by atoms with E-state index in [1.807, 2.05) is 32.0 Å². The number of aryl methyl sites for hydroxylation is 2. The minimum absolute atomic E-state index is 0.120. The Kier molecular flexibility index (Phi) is 4.58. The lowest BCUT2D eigenvalue weighted by molar-refractivity contribution is -0.139. The lowest BCUT2D eigenvalue weighted by Gasteiger charge is -2.17. The van der Waals surface area contributed by atoms with Crippen molar-refractivity contribution in [2.45, 2.75) is 20.3 Å². The van der Waals surface area contributed by atoms with Gasteiger partial charge in [0.15, 0.2) is 0 Å². The van der Waals surface area contributed by atoms with E-state index in [4.69, 9.17) is 16.3 Å². The third kappa shape index (κ3) is 3.29. The van der Waals surface area contributed by atoms with Crippen LogP contribution in [0.1, 0.15) is 17.5 Å². The van der Waals surface area contributed by atoms with Gasteiger partial charge in [0.2, 0.25) is 5.91 Å². The van der Waals surface area contributed by atoms with Crippen molar-refractivity contribution in [3.63, 3.8) is 0 Å². The highest BCUT2D eigenvalue weighted by Gasteiger charge is 2.37. The number of halogens is 1. The van der Waals surface area contributed by atoms with Crippen LogP contribution in [-0.4, -0.2) is 18.4 Å². The molecule has 0 spiro atoms. The third-order valence-electron chi connectivity index (χ3n) is 4.30. The number of para-hydroxylation sites is 1. The Hall–Kier alpha value is -2.33. The van der Waals surface area contributed by atoms with E-state index >= 15 is 0 Å². The Balaban J connectivity index is 1.72. The zero-order valence-corrected chi connectivity index (χ0v) is 14.3. The first-order valence-corrected chi connectivity index (χ1v) is 8.17. The number of benzene rings is 2. The van der Waals surface area contributed by atoms with Crippen molar-refractivity contribution in [2.75, 3.05) is 11.4 Å². The molecule has 0 aromatic heterocycles. The highest BCUT2D eigenvalue weighted by atomic mass is 35.5. The number of hydrogen-bond acceptors (Lipinski definition) is 3. The molecular formula is C19H18ClNO3. The van der Waals surface area contributed by atoms with Gasteiger partial charge in [-0.2, -0.15) is 0 Å². The predicted molar refractivity (Wildman–Crippen MR) is 93.5 cm³/mol. The van der Waals surface area contributed by atoms with E-state index < -0.39 is 5.92 Å². The number of carbonyl (C=O) groups is 2. The maximum absolute atomic E-state index is 12.4. The van der Waals surface area contributed by atoms with Crippen molar-refractivity contribution in [3.05, 3.63) is 58.6 Å². The quantitative estimate of drug-likeness (QED) is 0.627. The predicted octanol–water partition coefficient (Wildman–Crippen LogP) is 3.92. The maximum atomic E-state index is 12.4. The van der Waals surface area contributed by atoms with E-state index in [-0.39, 0.29) is 24.8 Å². The highest BCUT2D eigenvalue weighted by molar-refractivity contribution is 6.33. The smallest absolute Gasteiger partial charge is 0.316 e. The molecule has 1 atom stereocenters. The maximum Gasteiger partial charge on any atom is 0.316 e. The molecule has 0 saturated carbocycles. The fourth-order valence-electron chi connectivity index (χ4n) is 2.75. The van der Waals surface area contributed by atoms with Gasteiger partial charge in [-0.25, -0.2) is 0 Å². The van der Waals surface area contributed by atoms with Crippen LogP contribution in [0.4, 0.5) is 5.69 Å². The summed E-state index contributed by atoms with van der Waals surface area (Å²) in [7, 11) is 0. The largest absolute Gasteiger partial charge is 0.426 e. The summed E-state index contributed by atoms with van der Waals surface area (Å²) in [6.45, 7) is 4.25. The van der Waals surface area contributed by atoms with Gasteiger partial charge in [0, 0.05) is 13.0 Å². The zero-order valence-electron chi connectivity index (χ0n) is 13.6. The molecule has 24 heavy (non-hydrogen) atoms. The third-order valence-corrected chi connectivity index (χ3v) is 4.62. The normalized spacial score (nSPS) is 17.2. The number of esters is 1. The number of hydrogen-bond donors (Lipinski definition) is 0. The van der Waals surface area contributed by atoms with Gasteiger partial charge in [0.25, 0.3) is 0 Å². The van der Waals surface area contributed by atoms with Crippen LogP contribution in [0, 0.1) is 19.8 Å². The molecule has 5 heteroatoms. The molecule has 1 heterocycles. The Bertz CT molecular complexity index is 803. The van der Waals surface area contributed by atoms with Crippen LogP contribution in [0.3, 0.4) is 0 Å². The van der Waals surface area contributed by atoms with Crippen molar-refractivity contribution >= 4 is 29.2 Å². The van der Waals surface area contributed by atoms with E-state index in [1.54, 1.807) is 29.2 Å². The number of rotatable bonds is 3. The molecule has 2 aromatic rings. The monoisotopic (exact) mass is 343 g/mol. The van der Waals surface area contributed by atoms with Crippen molar-refractivity contribution < 1.29 is 14.3 Å². The lowest BCUT2D eigenvalue weighted by atomic mass is 10.1. The van der Waals surface area contributed by atoms with Crippen LogP contribution >= 0.6 is 11.6 Å². The van der Waals surface area contributed by atoms with Crippen LogP contribution in [0.2, 0.25) is 5.02 Å². The van der Waals surface area contributed by atoms with E-state index in [2.05, 4.69) is 0 Å². The molecule has 0 unspecified atom stereocenters. The van der Waals surface area contributed by atoms with E-state index in [9.17, 15) is 9.59 Å². The lowest BCUT2D eigenvalue weighted by Crippen LogP contribution is -2.27. The summed E-state index contributed by atoms with van der Waals surface area (Å²) in [4.78, 5) is 26.2. The van der Waals surface area contributed by atoms with Gasteiger partial charge >= 0.3 is 5.97 Å². The van der Waals surface area contributed by atoms with Gasteiger partial charge in [-0.1, -0.05) is 29.8 Å². The van der Waals surface area contributed by atoms with Crippen LogP contribution in [0.15, 0.2) is 42.5 Å². The summed E-state index contributed by atoms with van der Waals surface area (Å²) in [5.74, 6) is -0.492. The summed E-state index contributed by atoms with van der Waals surface area (Å²) in [6, 6.07) is 12.6. The van der Waals surface area contributed by atoms with Crippen molar-refractivity contribution in [1.82, 2.24) is 0 Å². The summed E-state index contributed by atoms with van der Waals surface area (Å²) in [5, 5.41) is 0.494. The Morgan fingerprint density at radius 2 is 1.92 bits per heavy atom.